The number of hydrazone groups is 1. The van der Waals surface area contributed by atoms with Gasteiger partial charge in [-0.2, -0.15) is 19.0 Å². The van der Waals surface area contributed by atoms with Gasteiger partial charge in [0.15, 0.2) is 0 Å². The molecule has 188 valence electrons. The standard InChI is InChI=1S/C26H26F3N5O2/c27-21-5-1-19(2-6-21)24(35)32-13-10-26(36,11-14-32)15-23-9-12-30-34(23)22-7-3-18(4-8-22)20-16-31-33(17-20)25(28)29/h1-8,12,16-17,23,25,36H,9-11,13-15H2. The molecule has 5 rings (SSSR count). The zero-order chi connectivity index (χ0) is 25.3. The van der Waals surface area contributed by atoms with Crippen molar-refractivity contribution >= 4 is 17.8 Å². The second kappa shape index (κ2) is 9.77. The van der Waals surface area contributed by atoms with Crippen molar-refractivity contribution in [2.75, 3.05) is 18.1 Å². The molecule has 1 N–H and O–H groups in total. The third kappa shape index (κ3) is 4.99. The number of hydrogen-bond acceptors (Lipinski definition) is 5. The minimum absolute atomic E-state index is 0.0400. The molecular weight excluding hydrogens is 471 g/mol. The van der Waals surface area contributed by atoms with Gasteiger partial charge in [-0.15, -0.1) is 0 Å². The van der Waals surface area contributed by atoms with Crippen LogP contribution in [0.15, 0.2) is 66.0 Å². The summed E-state index contributed by atoms with van der Waals surface area (Å²) in [6.07, 6.45) is 6.59. The zero-order valence-electron chi connectivity index (χ0n) is 19.5. The Morgan fingerprint density at radius 1 is 1.06 bits per heavy atom. The molecule has 2 aliphatic heterocycles. The molecule has 0 radical (unpaired) electrons. The molecule has 1 unspecified atom stereocenters. The van der Waals surface area contributed by atoms with Gasteiger partial charge in [0.25, 0.3) is 5.91 Å². The quantitative estimate of drug-likeness (QED) is 0.536. The number of aliphatic hydroxyl groups is 1. The molecule has 3 heterocycles. The van der Waals surface area contributed by atoms with E-state index in [2.05, 4.69) is 10.2 Å². The van der Waals surface area contributed by atoms with Crippen LogP contribution in [0.5, 0.6) is 0 Å². The lowest BCUT2D eigenvalue weighted by atomic mass is 9.84. The van der Waals surface area contributed by atoms with Crippen LogP contribution in [-0.4, -0.2) is 56.6 Å². The Morgan fingerprint density at radius 3 is 2.39 bits per heavy atom. The van der Waals surface area contributed by atoms with Gasteiger partial charge in [0.1, 0.15) is 5.82 Å². The topological polar surface area (TPSA) is 74.0 Å². The predicted octanol–water partition coefficient (Wildman–Crippen LogP) is 4.71. The molecule has 1 saturated heterocycles. The largest absolute Gasteiger partial charge is 0.390 e. The maximum atomic E-state index is 13.2. The summed E-state index contributed by atoms with van der Waals surface area (Å²) in [5.41, 5.74) is 1.70. The molecule has 7 nitrogen and oxygen atoms in total. The Morgan fingerprint density at radius 2 is 1.75 bits per heavy atom. The lowest BCUT2D eigenvalue weighted by molar-refractivity contribution is -0.0269. The van der Waals surface area contributed by atoms with E-state index < -0.39 is 12.2 Å². The highest BCUT2D eigenvalue weighted by molar-refractivity contribution is 5.94. The molecule has 0 saturated carbocycles. The molecule has 2 aromatic carbocycles. The van der Waals surface area contributed by atoms with Gasteiger partial charge in [0.05, 0.1) is 23.5 Å². The van der Waals surface area contributed by atoms with Gasteiger partial charge in [0.2, 0.25) is 0 Å². The number of nitrogens with zero attached hydrogens (tertiary/aromatic N) is 5. The molecule has 1 atom stereocenters. The lowest BCUT2D eigenvalue weighted by Crippen LogP contribution is -2.49. The first kappa shape index (κ1) is 24.1. The zero-order valence-corrected chi connectivity index (χ0v) is 19.5. The predicted molar refractivity (Wildman–Crippen MR) is 129 cm³/mol. The maximum absolute atomic E-state index is 13.2. The van der Waals surface area contributed by atoms with E-state index in [0.717, 1.165) is 11.3 Å². The minimum atomic E-state index is -2.68. The number of anilines is 1. The number of benzene rings is 2. The third-order valence-electron chi connectivity index (χ3n) is 6.88. The summed E-state index contributed by atoms with van der Waals surface area (Å²) in [7, 11) is 0. The fourth-order valence-corrected chi connectivity index (χ4v) is 4.84. The monoisotopic (exact) mass is 497 g/mol. The number of hydrogen-bond donors (Lipinski definition) is 1. The summed E-state index contributed by atoms with van der Waals surface area (Å²) < 4.78 is 39.4. The number of carbonyl (C=O) groups excluding carboxylic acids is 1. The van der Waals surface area contributed by atoms with Gasteiger partial charge in [-0.3, -0.25) is 9.80 Å². The SMILES string of the molecule is O=C(c1ccc(F)cc1)N1CCC(O)(CC2CC=NN2c2ccc(-c3cnn(C(F)F)c3)cc2)CC1. The Labute approximate surface area is 206 Å². The summed E-state index contributed by atoms with van der Waals surface area (Å²) in [6.45, 7) is -1.85. The van der Waals surface area contributed by atoms with Crippen molar-refractivity contribution in [1.82, 2.24) is 14.7 Å². The molecule has 10 heteroatoms. The Balaban J connectivity index is 1.21. The number of likely N-dealkylation sites (tertiary alicyclic amines) is 1. The lowest BCUT2D eigenvalue weighted by Gasteiger charge is -2.40. The van der Waals surface area contributed by atoms with Crippen molar-refractivity contribution in [2.24, 2.45) is 5.10 Å². The second-order valence-corrected chi connectivity index (χ2v) is 9.29. The van der Waals surface area contributed by atoms with Crippen LogP contribution < -0.4 is 5.01 Å². The number of alkyl halides is 2. The smallest absolute Gasteiger partial charge is 0.333 e. The van der Waals surface area contributed by atoms with E-state index in [1.165, 1.54) is 36.7 Å². The van der Waals surface area contributed by atoms with Crippen molar-refractivity contribution < 1.29 is 23.1 Å². The van der Waals surface area contributed by atoms with Crippen LogP contribution in [0, 0.1) is 5.82 Å². The summed E-state index contributed by atoms with van der Waals surface area (Å²) >= 11 is 0. The summed E-state index contributed by atoms with van der Waals surface area (Å²) in [5.74, 6) is -0.553. The van der Waals surface area contributed by atoms with Crippen LogP contribution >= 0.6 is 0 Å². The molecule has 2 aliphatic rings. The summed E-state index contributed by atoms with van der Waals surface area (Å²) in [6, 6.07) is 12.9. The van der Waals surface area contributed by atoms with E-state index in [9.17, 15) is 23.1 Å². The number of amides is 1. The van der Waals surface area contributed by atoms with Gasteiger partial charge in [0, 0.05) is 43.0 Å². The van der Waals surface area contributed by atoms with E-state index >= 15 is 0 Å². The van der Waals surface area contributed by atoms with Crippen molar-refractivity contribution in [2.45, 2.75) is 43.9 Å². The number of carbonyl (C=O) groups is 1. The average Bonchev–Trinajstić information content (AvgIpc) is 3.55. The molecule has 0 aliphatic carbocycles. The van der Waals surface area contributed by atoms with E-state index in [1.54, 1.807) is 4.90 Å². The van der Waals surface area contributed by atoms with Crippen LogP contribution in [0.4, 0.5) is 18.9 Å². The molecule has 1 aromatic heterocycles. The van der Waals surface area contributed by atoms with Crippen molar-refractivity contribution in [3.05, 3.63) is 72.3 Å². The van der Waals surface area contributed by atoms with Crippen LogP contribution in [0.25, 0.3) is 11.1 Å². The van der Waals surface area contributed by atoms with Gasteiger partial charge in [-0.25, -0.2) is 9.07 Å². The molecule has 3 aromatic rings. The fourth-order valence-electron chi connectivity index (χ4n) is 4.84. The summed E-state index contributed by atoms with van der Waals surface area (Å²) in [4.78, 5) is 14.4. The number of aromatic nitrogens is 2. The van der Waals surface area contributed by atoms with Gasteiger partial charge < -0.3 is 10.0 Å². The first-order chi connectivity index (χ1) is 17.3. The first-order valence-electron chi connectivity index (χ1n) is 11.8. The fraction of sp³-hybridized carbons (Fsp3) is 0.346. The Kier molecular flexibility index (Phi) is 6.53. The van der Waals surface area contributed by atoms with Crippen molar-refractivity contribution in [1.29, 1.82) is 0 Å². The van der Waals surface area contributed by atoms with Gasteiger partial charge >= 0.3 is 6.55 Å². The van der Waals surface area contributed by atoms with E-state index in [1.807, 2.05) is 35.5 Å². The highest BCUT2D eigenvalue weighted by atomic mass is 19.3. The molecule has 0 bridgehead atoms. The first-order valence-corrected chi connectivity index (χ1v) is 11.8. The third-order valence-corrected chi connectivity index (χ3v) is 6.88. The van der Waals surface area contributed by atoms with Crippen LogP contribution in [-0.2, 0) is 0 Å². The number of halogens is 3. The van der Waals surface area contributed by atoms with E-state index in [0.29, 0.717) is 54.6 Å². The van der Waals surface area contributed by atoms with Crippen LogP contribution in [0.2, 0.25) is 0 Å². The average molecular weight is 498 g/mol. The summed E-state index contributed by atoms with van der Waals surface area (Å²) in [5, 5.41) is 21.3. The van der Waals surface area contributed by atoms with Crippen LogP contribution in [0.3, 0.4) is 0 Å². The Bertz CT molecular complexity index is 1240. The van der Waals surface area contributed by atoms with Gasteiger partial charge in [-0.05, 0) is 61.2 Å². The molecule has 1 fully saturated rings. The normalized spacial score (nSPS) is 19.3. The van der Waals surface area contributed by atoms with Crippen molar-refractivity contribution in [3.8, 4) is 11.1 Å². The highest BCUT2D eigenvalue weighted by Gasteiger charge is 2.38. The molecule has 0 spiro atoms. The Hall–Kier alpha value is -3.66. The molecule has 1 amide bonds. The number of piperidine rings is 1. The van der Waals surface area contributed by atoms with Gasteiger partial charge in [-0.1, -0.05) is 12.1 Å². The molecular formula is C26H26F3N5O2. The molecule has 36 heavy (non-hydrogen) atoms. The number of rotatable bonds is 6. The van der Waals surface area contributed by atoms with Crippen molar-refractivity contribution in [3.63, 3.8) is 0 Å². The highest BCUT2D eigenvalue weighted by Crippen LogP contribution is 2.34. The second-order valence-electron chi connectivity index (χ2n) is 9.29. The van der Waals surface area contributed by atoms with E-state index in [-0.39, 0.29) is 17.8 Å². The minimum Gasteiger partial charge on any atom is -0.390 e. The van der Waals surface area contributed by atoms with E-state index in [4.69, 9.17) is 0 Å². The van der Waals surface area contributed by atoms with Crippen LogP contribution in [0.1, 0.15) is 42.6 Å². The maximum Gasteiger partial charge on any atom is 0.333 e.